The number of unbranched alkanes of at least 4 members (excludes halogenated alkanes) is 39. The highest BCUT2D eigenvalue weighted by Gasteiger charge is 2.71. The highest BCUT2D eigenvalue weighted by Crippen LogP contribution is 2.79. The summed E-state index contributed by atoms with van der Waals surface area (Å²) in [6, 6.07) is 0. The fourth-order valence-electron chi connectivity index (χ4n) is 19.7. The molecule has 0 aliphatic rings. The molecule has 0 spiro atoms. The molecule has 0 saturated carbocycles. The van der Waals surface area contributed by atoms with Crippen LogP contribution in [0.3, 0.4) is 0 Å². The summed E-state index contributed by atoms with van der Waals surface area (Å²) >= 11 is 0. The SMILES string of the molecule is CCCCCCC(CCCCCC)(CC(CCCCCC)(CCCCCC)C(CCCCCC)(CCCCCC)C(CCCCCC)(CCCCCC)C(CCCCCC)(CCCCCC)C(CCCCCC)(CCCCCC)CCCCCC)C(=O)OCC. The zero-order valence-corrected chi connectivity index (χ0v) is 65.7. The van der Waals surface area contributed by atoms with Crippen LogP contribution in [0.15, 0.2) is 0 Å². The van der Waals surface area contributed by atoms with Crippen LogP contribution >= 0.6 is 0 Å². The lowest BCUT2D eigenvalue weighted by molar-refractivity contribution is -0.252. The van der Waals surface area contributed by atoms with Gasteiger partial charge in [0.15, 0.2) is 0 Å². The summed E-state index contributed by atoms with van der Waals surface area (Å²) in [4.78, 5) is 16.5. The molecule has 0 fully saturated rings. The van der Waals surface area contributed by atoms with Gasteiger partial charge < -0.3 is 4.74 Å². The second-order valence-corrected chi connectivity index (χ2v) is 31.5. The standard InChI is InChI=1S/C88H176O2/c1-15-29-42-55-68-83(82(89)90-28-14,69-56-43-30-16-2)81-85(73-60-47-34-20-6,74-61-48-35-21-7)87(77-64-51-38-24-10,78-65-52-39-25-11)88(79-66-53-40-26-12,80-67-54-41-27-13)86(75-62-49-36-22-8,76-63-50-37-23-9)84(70-57-44-31-17-3,71-58-45-32-18-4)72-59-46-33-19-5/h15-81H2,1-14H3. The van der Waals surface area contributed by atoms with Crippen molar-refractivity contribution in [1.29, 1.82) is 0 Å². The molecule has 0 heterocycles. The van der Waals surface area contributed by atoms with Crippen LogP contribution in [0.25, 0.3) is 0 Å². The van der Waals surface area contributed by atoms with Gasteiger partial charge >= 0.3 is 5.97 Å². The third kappa shape index (κ3) is 32.7. The first-order valence-electron chi connectivity index (χ1n) is 43.1. The van der Waals surface area contributed by atoms with Gasteiger partial charge in [-0.3, -0.25) is 4.79 Å². The molecule has 0 bridgehead atoms. The molecule has 0 unspecified atom stereocenters. The van der Waals surface area contributed by atoms with Gasteiger partial charge in [0.05, 0.1) is 12.0 Å². The van der Waals surface area contributed by atoms with E-state index in [0.29, 0.717) is 12.0 Å². The van der Waals surface area contributed by atoms with Crippen molar-refractivity contribution >= 4 is 5.97 Å². The van der Waals surface area contributed by atoms with Crippen LogP contribution in [0.5, 0.6) is 0 Å². The molecule has 0 aliphatic heterocycles. The molecule has 0 radical (unpaired) electrons. The number of ether oxygens (including phenoxy) is 1. The maximum atomic E-state index is 16.5. The van der Waals surface area contributed by atoms with Gasteiger partial charge in [-0.15, -0.1) is 0 Å². The van der Waals surface area contributed by atoms with Crippen molar-refractivity contribution in [3.63, 3.8) is 0 Å². The van der Waals surface area contributed by atoms with Crippen LogP contribution in [0.2, 0.25) is 0 Å². The Kier molecular flexibility index (Phi) is 59.4. The summed E-state index contributed by atoms with van der Waals surface area (Å²) in [6.45, 7) is 34.9. The molecular formula is C88H176O2. The van der Waals surface area contributed by atoms with Crippen molar-refractivity contribution in [2.75, 3.05) is 6.61 Å². The average Bonchev–Trinajstić information content (AvgIpc) is 0.681. The summed E-state index contributed by atoms with van der Waals surface area (Å²) in [6.07, 6.45) is 89.2. The van der Waals surface area contributed by atoms with Gasteiger partial charge in [-0.05, 0) is 124 Å². The Morgan fingerprint density at radius 3 is 0.589 bits per heavy atom. The molecule has 0 aromatic rings. The number of hydrogen-bond acceptors (Lipinski definition) is 2. The van der Waals surface area contributed by atoms with Crippen LogP contribution in [0.4, 0.5) is 0 Å². The van der Waals surface area contributed by atoms with E-state index in [0.717, 1.165) is 19.3 Å². The van der Waals surface area contributed by atoms with Crippen molar-refractivity contribution in [3.05, 3.63) is 0 Å². The highest BCUT2D eigenvalue weighted by molar-refractivity contribution is 5.77. The lowest BCUT2D eigenvalue weighted by Gasteiger charge is -2.74. The summed E-state index contributed by atoms with van der Waals surface area (Å²) < 4.78 is 6.89. The zero-order chi connectivity index (χ0) is 66.7. The number of hydrogen-bond donors (Lipinski definition) is 0. The minimum Gasteiger partial charge on any atom is -0.466 e. The van der Waals surface area contributed by atoms with E-state index >= 15 is 4.79 Å². The van der Waals surface area contributed by atoms with E-state index < -0.39 is 5.41 Å². The smallest absolute Gasteiger partial charge is 0.312 e. The summed E-state index contributed by atoms with van der Waals surface area (Å²) in [5, 5.41) is 0. The van der Waals surface area contributed by atoms with Gasteiger partial charge in [-0.25, -0.2) is 0 Å². The number of rotatable bonds is 73. The van der Waals surface area contributed by atoms with Crippen molar-refractivity contribution in [3.8, 4) is 0 Å². The lowest BCUT2D eigenvalue weighted by atomic mass is 9.30. The zero-order valence-electron chi connectivity index (χ0n) is 65.7. The van der Waals surface area contributed by atoms with Gasteiger partial charge in [-0.2, -0.15) is 0 Å². The second kappa shape index (κ2) is 59.7. The Balaban J connectivity index is 11.5. The molecule has 0 rings (SSSR count). The first-order valence-corrected chi connectivity index (χ1v) is 43.1. The van der Waals surface area contributed by atoms with E-state index in [2.05, 4.69) is 96.9 Å². The van der Waals surface area contributed by atoms with E-state index in [1.807, 2.05) is 0 Å². The number of carbonyl (C=O) groups excluding carboxylic acids is 1. The summed E-state index contributed by atoms with van der Waals surface area (Å²) in [5.74, 6) is 0.245. The molecule has 90 heavy (non-hydrogen) atoms. The minimum atomic E-state index is -0.455. The first kappa shape index (κ1) is 89.5. The van der Waals surface area contributed by atoms with Crippen LogP contribution in [0.1, 0.15) is 521 Å². The monoisotopic (exact) mass is 1270 g/mol. The first-order chi connectivity index (χ1) is 44.0. The third-order valence-corrected chi connectivity index (χ3v) is 24.6. The predicted octanol–water partition coefficient (Wildman–Crippen LogP) is 32.5. The van der Waals surface area contributed by atoms with E-state index in [4.69, 9.17) is 4.74 Å². The van der Waals surface area contributed by atoms with E-state index in [1.54, 1.807) is 0 Å². The predicted molar refractivity (Wildman–Crippen MR) is 410 cm³/mol. The van der Waals surface area contributed by atoms with Gasteiger partial charge in [0.25, 0.3) is 0 Å². The molecule has 2 heteroatoms. The molecule has 0 saturated heterocycles. The summed E-state index contributed by atoms with van der Waals surface area (Å²) in [5.41, 5.74) is 0.333. The normalized spacial score (nSPS) is 12.9. The number of carbonyl (C=O) groups is 1. The van der Waals surface area contributed by atoms with E-state index in [-0.39, 0.29) is 27.6 Å². The Hall–Kier alpha value is -0.530. The largest absolute Gasteiger partial charge is 0.466 e. The number of esters is 1. The second-order valence-electron chi connectivity index (χ2n) is 31.5. The molecule has 0 amide bonds. The van der Waals surface area contributed by atoms with Gasteiger partial charge in [0, 0.05) is 0 Å². The van der Waals surface area contributed by atoms with Gasteiger partial charge in [0.1, 0.15) is 0 Å². The van der Waals surface area contributed by atoms with Crippen molar-refractivity contribution in [2.45, 2.75) is 521 Å². The minimum absolute atomic E-state index is 0.0289. The van der Waals surface area contributed by atoms with E-state index in [9.17, 15) is 0 Å². The molecule has 0 aromatic carbocycles. The lowest BCUT2D eigenvalue weighted by Crippen LogP contribution is -2.66. The van der Waals surface area contributed by atoms with Crippen molar-refractivity contribution in [1.82, 2.24) is 0 Å². The molecule has 0 aromatic heterocycles. The highest BCUT2D eigenvalue weighted by atomic mass is 16.5. The van der Waals surface area contributed by atoms with Crippen LogP contribution in [-0.2, 0) is 9.53 Å². The third-order valence-electron chi connectivity index (χ3n) is 24.6. The summed E-state index contributed by atoms with van der Waals surface area (Å²) in [7, 11) is 0. The van der Waals surface area contributed by atoms with Crippen LogP contribution < -0.4 is 0 Å². The van der Waals surface area contributed by atoms with Crippen molar-refractivity contribution < 1.29 is 9.53 Å². The maximum absolute atomic E-state index is 16.5. The fourth-order valence-corrected chi connectivity index (χ4v) is 19.7. The Labute approximate surface area is 572 Å². The van der Waals surface area contributed by atoms with Crippen LogP contribution in [-0.4, -0.2) is 12.6 Å². The quantitative estimate of drug-likeness (QED) is 0.0448. The molecule has 0 atom stereocenters. The maximum Gasteiger partial charge on any atom is 0.312 e. The van der Waals surface area contributed by atoms with Crippen LogP contribution in [0, 0.1) is 32.5 Å². The molecule has 0 aliphatic carbocycles. The Bertz CT molecular complexity index is 1400. The van der Waals surface area contributed by atoms with Gasteiger partial charge in [-0.1, -0.05) is 424 Å². The fraction of sp³-hybridized carbons (Fsp3) is 0.989. The molecule has 0 N–H and O–H groups in total. The Morgan fingerprint density at radius 2 is 0.378 bits per heavy atom. The topological polar surface area (TPSA) is 26.3 Å². The molecule has 540 valence electrons. The van der Waals surface area contributed by atoms with E-state index in [1.165, 1.54) is 405 Å². The average molecular weight is 1270 g/mol. The van der Waals surface area contributed by atoms with Crippen molar-refractivity contribution in [2.24, 2.45) is 32.5 Å². The van der Waals surface area contributed by atoms with Gasteiger partial charge in [0.2, 0.25) is 0 Å². The molecular weight excluding hydrogens is 1090 g/mol. The molecule has 2 nitrogen and oxygen atoms in total. The Morgan fingerprint density at radius 1 is 0.200 bits per heavy atom.